The van der Waals surface area contributed by atoms with E-state index in [1.165, 1.54) is 32.1 Å². The lowest BCUT2D eigenvalue weighted by Crippen LogP contribution is -2.60. The van der Waals surface area contributed by atoms with E-state index < -0.39 is 11.0 Å². The first-order valence-corrected chi connectivity index (χ1v) is 7.85. The van der Waals surface area contributed by atoms with Crippen LogP contribution in [0.4, 0.5) is 0 Å². The van der Waals surface area contributed by atoms with Crippen molar-refractivity contribution in [3.63, 3.8) is 0 Å². The quantitative estimate of drug-likeness (QED) is 0.835. The van der Waals surface area contributed by atoms with Crippen molar-refractivity contribution in [2.45, 2.75) is 77.8 Å². The van der Waals surface area contributed by atoms with Gasteiger partial charge in [-0.1, -0.05) is 12.8 Å². The van der Waals surface area contributed by atoms with E-state index in [0.29, 0.717) is 6.04 Å². The Morgan fingerprint density at radius 2 is 1.63 bits per heavy atom. The Morgan fingerprint density at radius 3 is 2.26 bits per heavy atom. The van der Waals surface area contributed by atoms with E-state index in [1.54, 1.807) is 0 Å². The summed E-state index contributed by atoms with van der Waals surface area (Å²) in [5, 5.41) is 0. The molecular weight excluding hydrogens is 236 g/mol. The number of amides is 1. The maximum absolute atomic E-state index is 13.0. The molecule has 1 aliphatic carbocycles. The van der Waals surface area contributed by atoms with Crippen molar-refractivity contribution in [2.24, 2.45) is 17.1 Å². The van der Waals surface area contributed by atoms with E-state index in [-0.39, 0.29) is 5.91 Å². The lowest BCUT2D eigenvalue weighted by atomic mass is 9.72. The van der Waals surface area contributed by atoms with E-state index in [2.05, 4.69) is 4.90 Å². The predicted octanol–water partition coefficient (Wildman–Crippen LogP) is 2.93. The minimum atomic E-state index is -0.494. The van der Waals surface area contributed by atoms with Crippen LogP contribution in [0.25, 0.3) is 0 Å². The van der Waals surface area contributed by atoms with Gasteiger partial charge in [0.25, 0.3) is 0 Å². The average Bonchev–Trinajstić information content (AvgIpc) is 2.36. The summed E-state index contributed by atoms with van der Waals surface area (Å²) in [5.74, 6) is 1.000. The number of nitrogens with two attached hydrogens (primary N) is 1. The SMILES string of the molecule is CC(C)(N)C(C)(C)C(=O)N1CCC[C@H]2CCCC[C@H]21. The summed E-state index contributed by atoms with van der Waals surface area (Å²) in [7, 11) is 0. The van der Waals surface area contributed by atoms with Crippen molar-refractivity contribution >= 4 is 5.91 Å². The van der Waals surface area contributed by atoms with Gasteiger partial charge in [-0.05, 0) is 59.3 Å². The molecule has 1 aliphatic heterocycles. The summed E-state index contributed by atoms with van der Waals surface area (Å²) >= 11 is 0. The minimum Gasteiger partial charge on any atom is -0.339 e. The Bertz CT molecular complexity index is 341. The molecule has 1 saturated heterocycles. The molecule has 2 rings (SSSR count). The highest BCUT2D eigenvalue weighted by Gasteiger charge is 2.46. The number of fused-ring (bicyclic) bond motifs is 1. The smallest absolute Gasteiger partial charge is 0.230 e. The predicted molar refractivity (Wildman–Crippen MR) is 78.7 cm³/mol. The highest BCUT2D eigenvalue weighted by atomic mass is 16.2. The molecule has 0 aromatic carbocycles. The Hall–Kier alpha value is -0.570. The monoisotopic (exact) mass is 266 g/mol. The summed E-state index contributed by atoms with van der Waals surface area (Å²) in [5.41, 5.74) is 5.27. The van der Waals surface area contributed by atoms with Crippen LogP contribution in [-0.4, -0.2) is 28.9 Å². The van der Waals surface area contributed by atoms with E-state index in [1.807, 2.05) is 27.7 Å². The highest BCUT2D eigenvalue weighted by molar-refractivity contribution is 5.83. The molecule has 0 aromatic rings. The normalized spacial score (nSPS) is 29.0. The van der Waals surface area contributed by atoms with Gasteiger partial charge in [-0.25, -0.2) is 0 Å². The number of carbonyl (C=O) groups excluding carboxylic acids is 1. The van der Waals surface area contributed by atoms with Crippen LogP contribution < -0.4 is 5.73 Å². The van der Waals surface area contributed by atoms with Gasteiger partial charge in [0.2, 0.25) is 5.91 Å². The van der Waals surface area contributed by atoms with Crippen molar-refractivity contribution in [3.05, 3.63) is 0 Å². The molecule has 2 fully saturated rings. The van der Waals surface area contributed by atoms with E-state index in [9.17, 15) is 4.79 Å². The molecule has 2 atom stereocenters. The van der Waals surface area contributed by atoms with Crippen molar-refractivity contribution in [2.75, 3.05) is 6.54 Å². The maximum Gasteiger partial charge on any atom is 0.230 e. The third kappa shape index (κ3) is 2.67. The number of hydrogen-bond donors (Lipinski definition) is 1. The van der Waals surface area contributed by atoms with Gasteiger partial charge in [0, 0.05) is 18.1 Å². The zero-order chi connectivity index (χ0) is 14.3. The van der Waals surface area contributed by atoms with E-state index in [0.717, 1.165) is 18.9 Å². The third-order valence-corrected chi connectivity index (χ3v) is 5.65. The van der Waals surface area contributed by atoms with Crippen LogP contribution in [0.3, 0.4) is 0 Å². The Morgan fingerprint density at radius 1 is 1.05 bits per heavy atom. The van der Waals surface area contributed by atoms with Crippen LogP contribution in [0, 0.1) is 11.3 Å². The van der Waals surface area contributed by atoms with E-state index in [4.69, 9.17) is 5.73 Å². The molecule has 2 aliphatic rings. The second-order valence-corrected chi connectivity index (χ2v) is 7.60. The molecule has 1 heterocycles. The number of nitrogens with zero attached hydrogens (tertiary/aromatic N) is 1. The van der Waals surface area contributed by atoms with Crippen molar-refractivity contribution in [3.8, 4) is 0 Å². The molecule has 1 saturated carbocycles. The van der Waals surface area contributed by atoms with Gasteiger partial charge >= 0.3 is 0 Å². The number of rotatable bonds is 2. The number of likely N-dealkylation sites (tertiary alicyclic amines) is 1. The first-order chi connectivity index (χ1) is 8.75. The molecule has 0 unspecified atom stereocenters. The summed E-state index contributed by atoms with van der Waals surface area (Å²) in [6.07, 6.45) is 7.58. The topological polar surface area (TPSA) is 46.3 Å². The fourth-order valence-corrected chi connectivity index (χ4v) is 3.51. The lowest BCUT2D eigenvalue weighted by Gasteiger charge is -2.49. The van der Waals surface area contributed by atoms with Crippen LogP contribution in [0.2, 0.25) is 0 Å². The van der Waals surface area contributed by atoms with Gasteiger partial charge in [0.05, 0.1) is 5.41 Å². The van der Waals surface area contributed by atoms with Crippen LogP contribution in [0.5, 0.6) is 0 Å². The Labute approximate surface area is 117 Å². The zero-order valence-corrected chi connectivity index (χ0v) is 13.0. The van der Waals surface area contributed by atoms with Crippen molar-refractivity contribution in [1.82, 2.24) is 4.90 Å². The van der Waals surface area contributed by atoms with Gasteiger partial charge in [0.15, 0.2) is 0 Å². The van der Waals surface area contributed by atoms with E-state index >= 15 is 0 Å². The van der Waals surface area contributed by atoms with Gasteiger partial charge in [-0.15, -0.1) is 0 Å². The van der Waals surface area contributed by atoms with Crippen molar-refractivity contribution in [1.29, 1.82) is 0 Å². The summed E-state index contributed by atoms with van der Waals surface area (Å²) in [6.45, 7) is 8.86. The van der Waals surface area contributed by atoms with Gasteiger partial charge in [0.1, 0.15) is 0 Å². The Kier molecular flexibility index (Phi) is 3.97. The molecule has 0 radical (unpaired) electrons. The zero-order valence-electron chi connectivity index (χ0n) is 13.0. The number of carbonyl (C=O) groups is 1. The van der Waals surface area contributed by atoms with Gasteiger partial charge < -0.3 is 10.6 Å². The molecule has 19 heavy (non-hydrogen) atoms. The summed E-state index contributed by atoms with van der Waals surface area (Å²) in [4.78, 5) is 15.1. The van der Waals surface area contributed by atoms with Gasteiger partial charge in [-0.2, -0.15) is 0 Å². The molecule has 1 amide bonds. The second-order valence-electron chi connectivity index (χ2n) is 7.60. The average molecular weight is 266 g/mol. The number of hydrogen-bond acceptors (Lipinski definition) is 2. The maximum atomic E-state index is 13.0. The second kappa shape index (κ2) is 5.08. The molecule has 0 bridgehead atoms. The van der Waals surface area contributed by atoms with Crippen molar-refractivity contribution < 1.29 is 4.79 Å². The molecule has 0 spiro atoms. The largest absolute Gasteiger partial charge is 0.339 e. The Balaban J connectivity index is 2.18. The molecule has 0 aromatic heterocycles. The van der Waals surface area contributed by atoms with Crippen LogP contribution >= 0.6 is 0 Å². The summed E-state index contributed by atoms with van der Waals surface area (Å²) < 4.78 is 0. The van der Waals surface area contributed by atoms with Crippen LogP contribution in [-0.2, 0) is 4.79 Å². The molecule has 2 N–H and O–H groups in total. The molecule has 3 nitrogen and oxygen atoms in total. The van der Waals surface area contributed by atoms with Crippen LogP contribution in [0.15, 0.2) is 0 Å². The van der Waals surface area contributed by atoms with Gasteiger partial charge in [-0.3, -0.25) is 4.79 Å². The molecule has 3 heteroatoms. The highest BCUT2D eigenvalue weighted by Crippen LogP contribution is 2.39. The number of piperidine rings is 1. The summed E-state index contributed by atoms with van der Waals surface area (Å²) in [6, 6.07) is 0.483. The minimum absolute atomic E-state index is 0.261. The fourth-order valence-electron chi connectivity index (χ4n) is 3.51. The first kappa shape index (κ1) is 14.8. The third-order valence-electron chi connectivity index (χ3n) is 5.65. The molecule has 110 valence electrons. The lowest BCUT2D eigenvalue weighted by molar-refractivity contribution is -0.150. The standard InChI is InChI=1S/C16H30N2O/c1-15(2,16(3,4)17)14(19)18-11-7-9-12-8-5-6-10-13(12)18/h12-13H,5-11,17H2,1-4H3/t12-,13-/m1/s1. The van der Waals surface area contributed by atoms with Crippen LogP contribution in [0.1, 0.15) is 66.2 Å². The molecular formula is C16H30N2O. The fraction of sp³-hybridized carbons (Fsp3) is 0.938. The first-order valence-electron chi connectivity index (χ1n) is 7.85.